The van der Waals surface area contributed by atoms with Gasteiger partial charge in [0.2, 0.25) is 5.91 Å². The Morgan fingerprint density at radius 3 is 2.79 bits per heavy atom. The molecular weight excluding hydrogens is 414 g/mol. The first kappa shape index (κ1) is 22.0. The predicted molar refractivity (Wildman–Crippen MR) is 127 cm³/mol. The van der Waals surface area contributed by atoms with E-state index in [0.717, 1.165) is 56.7 Å². The first-order valence-corrected chi connectivity index (χ1v) is 12.0. The number of carbonyl (C=O) groups excluding carboxylic acids is 1. The summed E-state index contributed by atoms with van der Waals surface area (Å²) in [6.07, 6.45) is 11.0. The molecule has 4 heterocycles. The maximum Gasteiger partial charge on any atom is 0.229 e. The molecule has 2 aliphatic heterocycles. The second kappa shape index (κ2) is 9.61. The van der Waals surface area contributed by atoms with E-state index in [1.807, 2.05) is 29.1 Å². The molecule has 2 aromatic heterocycles. The lowest BCUT2D eigenvalue weighted by Gasteiger charge is -2.42. The quantitative estimate of drug-likeness (QED) is 0.602. The molecule has 1 amide bonds. The average molecular weight is 448 g/mol. The molecule has 3 aromatic rings. The summed E-state index contributed by atoms with van der Waals surface area (Å²) < 4.78 is 7.93. The molecule has 0 N–H and O–H groups in total. The number of imidazole rings is 1. The van der Waals surface area contributed by atoms with Gasteiger partial charge in [-0.15, -0.1) is 0 Å². The van der Waals surface area contributed by atoms with Crippen LogP contribution in [0.1, 0.15) is 24.1 Å². The average Bonchev–Trinajstić information content (AvgIpc) is 3.18. The highest BCUT2D eigenvalue weighted by Gasteiger charge is 2.43. The molecule has 7 nitrogen and oxygen atoms in total. The van der Waals surface area contributed by atoms with Gasteiger partial charge in [-0.3, -0.25) is 9.78 Å². The molecule has 7 heteroatoms. The van der Waals surface area contributed by atoms with Crippen molar-refractivity contribution in [2.24, 2.45) is 11.3 Å². The van der Waals surface area contributed by atoms with E-state index in [1.165, 1.54) is 5.56 Å². The lowest BCUT2D eigenvalue weighted by atomic mass is 9.72. The normalized spacial score (nSPS) is 21.7. The monoisotopic (exact) mass is 447 g/mol. The summed E-state index contributed by atoms with van der Waals surface area (Å²) >= 11 is 0. The van der Waals surface area contributed by atoms with Crippen LogP contribution in [0.2, 0.25) is 0 Å². The molecular formula is C26H33N5O2. The highest BCUT2D eigenvalue weighted by Crippen LogP contribution is 2.37. The number of nitrogens with zero attached hydrogens (tertiary/aromatic N) is 5. The summed E-state index contributed by atoms with van der Waals surface area (Å²) in [6.45, 7) is 4.55. The minimum Gasteiger partial charge on any atom is -0.379 e. The summed E-state index contributed by atoms with van der Waals surface area (Å²) in [6, 6.07) is 10.5. The van der Waals surface area contributed by atoms with Gasteiger partial charge < -0.3 is 18.9 Å². The van der Waals surface area contributed by atoms with E-state index in [0.29, 0.717) is 25.7 Å². The fourth-order valence-corrected chi connectivity index (χ4v) is 5.29. The Kier molecular flexibility index (Phi) is 6.42. The van der Waals surface area contributed by atoms with Gasteiger partial charge in [-0.25, -0.2) is 4.98 Å². The first-order valence-electron chi connectivity index (χ1n) is 12.0. The van der Waals surface area contributed by atoms with Crippen LogP contribution in [-0.4, -0.2) is 76.5 Å². The lowest BCUT2D eigenvalue weighted by Crippen LogP contribution is -2.52. The highest BCUT2D eigenvalue weighted by atomic mass is 16.5. The third kappa shape index (κ3) is 4.94. The summed E-state index contributed by atoms with van der Waals surface area (Å²) in [5.41, 5.74) is 2.76. The van der Waals surface area contributed by atoms with Crippen molar-refractivity contribution in [2.75, 3.05) is 46.4 Å². The van der Waals surface area contributed by atoms with Crippen molar-refractivity contribution in [3.05, 3.63) is 66.4 Å². The fourth-order valence-electron chi connectivity index (χ4n) is 5.29. The molecule has 0 spiro atoms. The second-order valence-electron chi connectivity index (χ2n) is 9.71. The van der Waals surface area contributed by atoms with Crippen molar-refractivity contribution in [3.63, 3.8) is 0 Å². The van der Waals surface area contributed by atoms with Crippen LogP contribution < -0.4 is 0 Å². The molecule has 5 rings (SSSR count). The van der Waals surface area contributed by atoms with Gasteiger partial charge in [0.15, 0.2) is 5.65 Å². The number of aromatic nitrogens is 3. The van der Waals surface area contributed by atoms with Crippen LogP contribution in [0, 0.1) is 11.3 Å². The minimum absolute atomic E-state index is 0.227. The molecule has 174 valence electrons. The molecule has 1 aromatic carbocycles. The van der Waals surface area contributed by atoms with Crippen LogP contribution >= 0.6 is 0 Å². The molecule has 0 aliphatic carbocycles. The van der Waals surface area contributed by atoms with E-state index >= 15 is 0 Å². The van der Waals surface area contributed by atoms with Crippen LogP contribution in [0.15, 0.2) is 55.1 Å². The van der Waals surface area contributed by atoms with Crippen LogP contribution in [0.25, 0.3) is 5.65 Å². The number of hydrogen-bond donors (Lipinski definition) is 0. The topological polar surface area (TPSA) is 63.0 Å². The summed E-state index contributed by atoms with van der Waals surface area (Å²) in [4.78, 5) is 27.4. The Morgan fingerprint density at radius 2 is 1.97 bits per heavy atom. The van der Waals surface area contributed by atoms with E-state index < -0.39 is 0 Å². The second-order valence-corrected chi connectivity index (χ2v) is 9.71. The van der Waals surface area contributed by atoms with Crippen LogP contribution in [0.5, 0.6) is 0 Å². The van der Waals surface area contributed by atoms with Crippen molar-refractivity contribution in [1.82, 2.24) is 24.2 Å². The SMILES string of the molecule is CN1CCC(Cc2ccccc2)(C(=O)N2CCOC[C@@H](Cc3cn4ccnc4cn3)C2)CC1. The largest absolute Gasteiger partial charge is 0.379 e. The number of piperidine rings is 1. The van der Waals surface area contributed by atoms with Gasteiger partial charge in [-0.05, 0) is 51.4 Å². The van der Waals surface area contributed by atoms with Crippen molar-refractivity contribution in [3.8, 4) is 0 Å². The van der Waals surface area contributed by atoms with E-state index in [9.17, 15) is 4.79 Å². The zero-order valence-corrected chi connectivity index (χ0v) is 19.4. The van der Waals surface area contributed by atoms with E-state index in [4.69, 9.17) is 4.74 Å². The fraction of sp³-hybridized carbons (Fsp3) is 0.500. The van der Waals surface area contributed by atoms with E-state index in [2.05, 4.69) is 51.1 Å². The third-order valence-electron chi connectivity index (χ3n) is 7.24. The van der Waals surface area contributed by atoms with Crippen molar-refractivity contribution < 1.29 is 9.53 Å². The number of fused-ring (bicyclic) bond motifs is 1. The molecule has 33 heavy (non-hydrogen) atoms. The molecule has 2 aliphatic rings. The van der Waals surface area contributed by atoms with Crippen LogP contribution in [0.4, 0.5) is 0 Å². The number of amides is 1. The van der Waals surface area contributed by atoms with Crippen molar-refractivity contribution >= 4 is 11.6 Å². The number of rotatable bonds is 5. The molecule has 2 fully saturated rings. The van der Waals surface area contributed by atoms with Gasteiger partial charge in [-0.2, -0.15) is 0 Å². The summed E-state index contributed by atoms with van der Waals surface area (Å²) in [5.74, 6) is 0.526. The number of ether oxygens (including phenoxy) is 1. The van der Waals surface area contributed by atoms with Crippen LogP contribution in [0.3, 0.4) is 0 Å². The van der Waals surface area contributed by atoms with Crippen molar-refractivity contribution in [2.45, 2.75) is 25.7 Å². The number of carbonyl (C=O) groups is 1. The maximum absolute atomic E-state index is 14.1. The molecule has 1 atom stereocenters. The molecule has 0 unspecified atom stereocenters. The van der Waals surface area contributed by atoms with Gasteiger partial charge in [0.25, 0.3) is 0 Å². The predicted octanol–water partition coefficient (Wildman–Crippen LogP) is 2.70. The van der Waals surface area contributed by atoms with Gasteiger partial charge in [0.05, 0.1) is 30.5 Å². The highest BCUT2D eigenvalue weighted by molar-refractivity contribution is 5.83. The van der Waals surface area contributed by atoms with E-state index in [-0.39, 0.29) is 11.3 Å². The molecule has 0 radical (unpaired) electrons. The molecule has 0 bridgehead atoms. The summed E-state index contributed by atoms with van der Waals surface area (Å²) in [7, 11) is 2.15. The smallest absolute Gasteiger partial charge is 0.229 e. The Bertz CT molecular complexity index is 1070. The Morgan fingerprint density at radius 1 is 1.15 bits per heavy atom. The van der Waals surface area contributed by atoms with Gasteiger partial charge in [0.1, 0.15) is 0 Å². The lowest BCUT2D eigenvalue weighted by molar-refractivity contribution is -0.145. The maximum atomic E-state index is 14.1. The Balaban J connectivity index is 1.34. The number of hydrogen-bond acceptors (Lipinski definition) is 5. The summed E-state index contributed by atoms with van der Waals surface area (Å²) in [5, 5.41) is 0. The first-order chi connectivity index (χ1) is 16.1. The van der Waals surface area contributed by atoms with Crippen molar-refractivity contribution in [1.29, 1.82) is 0 Å². The van der Waals surface area contributed by atoms with E-state index in [1.54, 1.807) is 6.20 Å². The van der Waals surface area contributed by atoms with Gasteiger partial charge in [-0.1, -0.05) is 30.3 Å². The zero-order valence-electron chi connectivity index (χ0n) is 19.4. The molecule has 0 saturated carbocycles. The van der Waals surface area contributed by atoms with Gasteiger partial charge >= 0.3 is 0 Å². The van der Waals surface area contributed by atoms with Crippen LogP contribution in [-0.2, 0) is 22.4 Å². The standard InChI is InChI=1S/C26H33N5O2/c1-29-10-7-26(8-11-29,16-21-5-3-2-4-6-21)25(32)31-13-14-33-20-22(18-31)15-23-19-30-12-9-27-24(30)17-28-23/h2-6,9,12,17,19,22H,7-8,10-11,13-16,18,20H2,1H3/t22-/m0/s1. The Labute approximate surface area is 195 Å². The minimum atomic E-state index is -0.337. The number of likely N-dealkylation sites (tertiary alicyclic amines) is 1. The third-order valence-corrected chi connectivity index (χ3v) is 7.24. The van der Waals surface area contributed by atoms with Gasteiger partial charge in [0, 0.05) is 37.6 Å². The Hall–Kier alpha value is -2.77. The molecule has 2 saturated heterocycles. The zero-order chi connectivity index (χ0) is 22.7. The number of benzene rings is 1.